The van der Waals surface area contributed by atoms with E-state index in [1.54, 1.807) is 6.07 Å². The number of anilines is 1. The number of hydrogen-bond acceptors (Lipinski definition) is 3. The maximum atomic E-state index is 11.7. The first-order chi connectivity index (χ1) is 8.52. The second-order valence-electron chi connectivity index (χ2n) is 3.81. The Morgan fingerprint density at radius 2 is 2.00 bits per heavy atom. The number of carbonyl (C=O) groups is 2. The van der Waals surface area contributed by atoms with Gasteiger partial charge in [-0.05, 0) is 24.6 Å². The van der Waals surface area contributed by atoms with Gasteiger partial charge in [0.2, 0.25) is 5.91 Å². The van der Waals surface area contributed by atoms with Crippen LogP contribution < -0.4 is 16.4 Å². The van der Waals surface area contributed by atoms with Crippen LogP contribution in [0.3, 0.4) is 0 Å². The summed E-state index contributed by atoms with van der Waals surface area (Å²) in [5, 5.41) is 5.54. The van der Waals surface area contributed by atoms with Gasteiger partial charge in [-0.2, -0.15) is 0 Å². The molecular weight excluding hydrogens is 254 g/mol. The lowest BCUT2D eigenvalue weighted by atomic mass is 10.2. The van der Waals surface area contributed by atoms with Gasteiger partial charge in [-0.3, -0.25) is 9.59 Å². The zero-order chi connectivity index (χ0) is 13.5. The van der Waals surface area contributed by atoms with Gasteiger partial charge in [0.15, 0.2) is 0 Å². The van der Waals surface area contributed by atoms with Crippen LogP contribution in [0.25, 0.3) is 0 Å². The average molecular weight is 270 g/mol. The van der Waals surface area contributed by atoms with Crippen LogP contribution >= 0.6 is 11.6 Å². The Morgan fingerprint density at radius 3 is 2.61 bits per heavy atom. The van der Waals surface area contributed by atoms with Crippen molar-refractivity contribution in [1.82, 2.24) is 10.6 Å². The highest BCUT2D eigenvalue weighted by Crippen LogP contribution is 2.16. The molecule has 1 rings (SSSR count). The lowest BCUT2D eigenvalue weighted by Gasteiger charge is -2.07. The van der Waals surface area contributed by atoms with Crippen LogP contribution in [-0.2, 0) is 4.79 Å². The molecular formula is C12H16ClN3O2. The summed E-state index contributed by atoms with van der Waals surface area (Å²) in [6, 6.07) is 4.55. The van der Waals surface area contributed by atoms with Crippen molar-refractivity contribution in [3.05, 3.63) is 28.8 Å². The molecule has 0 bridgehead atoms. The molecule has 0 heterocycles. The normalized spacial score (nSPS) is 9.89. The van der Waals surface area contributed by atoms with Crippen LogP contribution in [0.5, 0.6) is 0 Å². The summed E-state index contributed by atoms with van der Waals surface area (Å²) < 4.78 is 0. The van der Waals surface area contributed by atoms with E-state index < -0.39 is 0 Å². The minimum atomic E-state index is -0.379. The Labute approximate surface area is 111 Å². The lowest BCUT2D eigenvalue weighted by molar-refractivity contribution is -0.120. The average Bonchev–Trinajstić information content (AvgIpc) is 2.32. The van der Waals surface area contributed by atoms with E-state index in [2.05, 4.69) is 10.6 Å². The Bertz CT molecular complexity index is 429. The Balaban J connectivity index is 2.52. The largest absolute Gasteiger partial charge is 0.399 e. The molecule has 2 amide bonds. The standard InChI is InChI=1S/C12H16ClN3O2/c1-2-3-15-11(17)7-16-12(18)8-4-9(13)6-10(14)5-8/h4-6H,2-3,7,14H2,1H3,(H,15,17)(H,16,18). The number of nitrogens with two attached hydrogens (primary N) is 1. The van der Waals surface area contributed by atoms with Gasteiger partial charge in [-0.1, -0.05) is 18.5 Å². The molecule has 1 aromatic carbocycles. The second kappa shape index (κ2) is 6.86. The number of nitrogens with one attached hydrogen (secondary N) is 2. The molecule has 0 aromatic heterocycles. The molecule has 0 radical (unpaired) electrons. The number of hydrogen-bond donors (Lipinski definition) is 3. The van der Waals surface area contributed by atoms with Gasteiger partial charge in [0.1, 0.15) is 0 Å². The predicted molar refractivity (Wildman–Crippen MR) is 71.5 cm³/mol. The number of nitrogen functional groups attached to an aromatic ring is 1. The minimum absolute atomic E-state index is 0.0642. The van der Waals surface area contributed by atoms with Crippen LogP contribution in [0, 0.1) is 0 Å². The van der Waals surface area contributed by atoms with E-state index in [4.69, 9.17) is 17.3 Å². The Morgan fingerprint density at radius 1 is 1.28 bits per heavy atom. The molecule has 0 spiro atoms. The van der Waals surface area contributed by atoms with Crippen LogP contribution in [0.4, 0.5) is 5.69 Å². The first-order valence-electron chi connectivity index (χ1n) is 5.64. The molecule has 0 atom stereocenters. The minimum Gasteiger partial charge on any atom is -0.399 e. The van der Waals surface area contributed by atoms with Crippen LogP contribution in [0.15, 0.2) is 18.2 Å². The van der Waals surface area contributed by atoms with Crippen molar-refractivity contribution in [2.45, 2.75) is 13.3 Å². The van der Waals surface area contributed by atoms with Gasteiger partial charge in [-0.15, -0.1) is 0 Å². The third kappa shape index (κ3) is 4.63. The van der Waals surface area contributed by atoms with E-state index in [-0.39, 0.29) is 18.4 Å². The molecule has 1 aromatic rings. The molecule has 98 valence electrons. The molecule has 18 heavy (non-hydrogen) atoms. The molecule has 0 unspecified atom stereocenters. The van der Waals surface area contributed by atoms with Gasteiger partial charge in [0.25, 0.3) is 5.91 Å². The van der Waals surface area contributed by atoms with Gasteiger partial charge >= 0.3 is 0 Å². The quantitative estimate of drug-likeness (QED) is 0.702. The smallest absolute Gasteiger partial charge is 0.251 e. The van der Waals surface area contributed by atoms with Crippen LogP contribution in [0.1, 0.15) is 23.7 Å². The van der Waals surface area contributed by atoms with Crippen molar-refractivity contribution in [2.24, 2.45) is 0 Å². The summed E-state index contributed by atoms with van der Waals surface area (Å²) in [6.07, 6.45) is 0.852. The van der Waals surface area contributed by atoms with Crippen molar-refractivity contribution >= 4 is 29.1 Å². The van der Waals surface area contributed by atoms with E-state index in [1.807, 2.05) is 6.92 Å². The monoisotopic (exact) mass is 269 g/mol. The second-order valence-corrected chi connectivity index (χ2v) is 4.24. The van der Waals surface area contributed by atoms with Crippen molar-refractivity contribution in [3.63, 3.8) is 0 Å². The van der Waals surface area contributed by atoms with Crippen molar-refractivity contribution in [3.8, 4) is 0 Å². The highest BCUT2D eigenvalue weighted by atomic mass is 35.5. The fraction of sp³-hybridized carbons (Fsp3) is 0.333. The third-order valence-corrected chi connectivity index (χ3v) is 2.38. The highest BCUT2D eigenvalue weighted by Gasteiger charge is 2.09. The SMILES string of the molecule is CCCNC(=O)CNC(=O)c1cc(N)cc(Cl)c1. The fourth-order valence-electron chi connectivity index (χ4n) is 1.33. The fourth-order valence-corrected chi connectivity index (χ4v) is 1.58. The summed E-state index contributed by atoms with van der Waals surface area (Å²) in [7, 11) is 0. The van der Waals surface area contributed by atoms with Gasteiger partial charge in [0.05, 0.1) is 6.54 Å². The molecule has 0 saturated carbocycles. The molecule has 5 nitrogen and oxygen atoms in total. The Hall–Kier alpha value is -1.75. The van der Waals surface area contributed by atoms with Gasteiger partial charge in [0, 0.05) is 22.8 Å². The molecule has 0 saturated heterocycles. The first kappa shape index (κ1) is 14.3. The molecule has 0 aliphatic rings. The summed E-state index contributed by atoms with van der Waals surface area (Å²) in [5.41, 5.74) is 6.32. The Kier molecular flexibility index (Phi) is 5.45. The highest BCUT2D eigenvalue weighted by molar-refractivity contribution is 6.31. The van der Waals surface area contributed by atoms with Crippen LogP contribution in [0.2, 0.25) is 5.02 Å². The van der Waals surface area contributed by atoms with E-state index in [0.29, 0.717) is 22.8 Å². The van der Waals surface area contributed by atoms with Gasteiger partial charge < -0.3 is 16.4 Å². The maximum absolute atomic E-state index is 11.7. The van der Waals surface area contributed by atoms with Crippen molar-refractivity contribution in [2.75, 3.05) is 18.8 Å². The number of carbonyl (C=O) groups excluding carboxylic acids is 2. The molecule has 0 fully saturated rings. The summed E-state index contributed by atoms with van der Waals surface area (Å²) in [5.74, 6) is -0.601. The maximum Gasteiger partial charge on any atom is 0.251 e. The summed E-state index contributed by atoms with van der Waals surface area (Å²) in [4.78, 5) is 23.0. The lowest BCUT2D eigenvalue weighted by Crippen LogP contribution is -2.37. The predicted octanol–water partition coefficient (Wildman–Crippen LogP) is 1.18. The third-order valence-electron chi connectivity index (χ3n) is 2.16. The molecule has 6 heteroatoms. The number of halogens is 1. The van der Waals surface area contributed by atoms with E-state index >= 15 is 0 Å². The van der Waals surface area contributed by atoms with Crippen molar-refractivity contribution < 1.29 is 9.59 Å². The van der Waals surface area contributed by atoms with Gasteiger partial charge in [-0.25, -0.2) is 0 Å². The van der Waals surface area contributed by atoms with Crippen LogP contribution in [-0.4, -0.2) is 24.9 Å². The van der Waals surface area contributed by atoms with Crippen molar-refractivity contribution in [1.29, 1.82) is 0 Å². The number of amides is 2. The molecule has 0 aliphatic heterocycles. The van der Waals surface area contributed by atoms with E-state index in [9.17, 15) is 9.59 Å². The molecule has 0 aliphatic carbocycles. The zero-order valence-electron chi connectivity index (χ0n) is 10.1. The number of benzene rings is 1. The van der Waals surface area contributed by atoms with E-state index in [0.717, 1.165) is 6.42 Å². The molecule has 4 N–H and O–H groups in total. The summed E-state index contributed by atoms with van der Waals surface area (Å²) in [6.45, 7) is 2.48. The van der Waals surface area contributed by atoms with E-state index in [1.165, 1.54) is 12.1 Å². The first-order valence-corrected chi connectivity index (χ1v) is 6.01. The number of rotatable bonds is 5. The topological polar surface area (TPSA) is 84.2 Å². The zero-order valence-corrected chi connectivity index (χ0v) is 10.9. The summed E-state index contributed by atoms with van der Waals surface area (Å²) >= 11 is 5.79.